The predicted octanol–water partition coefficient (Wildman–Crippen LogP) is 4.25. The molecule has 4 aromatic rings. The van der Waals surface area contributed by atoms with E-state index in [0.717, 1.165) is 38.7 Å². The normalized spacial score (nSPS) is 11.2. The maximum absolute atomic E-state index is 12.8. The topological polar surface area (TPSA) is 63.6 Å². The minimum atomic E-state index is 0.0919. The lowest BCUT2D eigenvalue weighted by atomic mass is 10.1. The van der Waals surface area contributed by atoms with Gasteiger partial charge >= 0.3 is 0 Å². The van der Waals surface area contributed by atoms with E-state index in [-0.39, 0.29) is 5.78 Å². The van der Waals surface area contributed by atoms with Crippen LogP contribution in [0.2, 0.25) is 0 Å². The summed E-state index contributed by atoms with van der Waals surface area (Å²) in [5.41, 5.74) is 3.66. The van der Waals surface area contributed by atoms with Crippen molar-refractivity contribution in [3.05, 3.63) is 65.9 Å². The molecule has 6 heteroatoms. The first-order chi connectivity index (χ1) is 12.6. The summed E-state index contributed by atoms with van der Waals surface area (Å²) in [5.74, 6) is 1.21. The minimum absolute atomic E-state index is 0.0919. The van der Waals surface area contributed by atoms with Crippen LogP contribution in [0.15, 0.2) is 59.8 Å². The first-order valence-corrected chi connectivity index (χ1v) is 9.32. The molecule has 0 saturated heterocycles. The number of carbonyl (C=O) groups excluding carboxylic acids is 1. The van der Waals surface area contributed by atoms with Crippen LogP contribution in [0.4, 0.5) is 0 Å². The zero-order valence-electron chi connectivity index (χ0n) is 14.6. The Labute approximate surface area is 155 Å². The number of aromatic amines is 1. The highest BCUT2D eigenvalue weighted by Crippen LogP contribution is 2.26. The van der Waals surface area contributed by atoms with E-state index in [4.69, 9.17) is 0 Å². The van der Waals surface area contributed by atoms with Crippen molar-refractivity contribution in [2.24, 2.45) is 7.05 Å². The molecule has 2 aromatic heterocycles. The van der Waals surface area contributed by atoms with Crippen LogP contribution in [0.5, 0.6) is 0 Å². The number of hydrogen-bond acceptors (Lipinski definition) is 4. The van der Waals surface area contributed by atoms with Crippen molar-refractivity contribution in [1.82, 2.24) is 19.7 Å². The smallest absolute Gasteiger partial charge is 0.191 e. The second kappa shape index (κ2) is 6.80. The highest BCUT2D eigenvalue weighted by Gasteiger charge is 2.18. The van der Waals surface area contributed by atoms with Crippen LogP contribution in [0, 0.1) is 6.92 Å². The lowest BCUT2D eigenvalue weighted by molar-refractivity contribution is 0.102. The first-order valence-electron chi connectivity index (χ1n) is 8.33. The number of carbonyl (C=O) groups is 1. The van der Waals surface area contributed by atoms with E-state index in [2.05, 4.69) is 15.2 Å². The molecule has 0 aliphatic rings. The van der Waals surface area contributed by atoms with E-state index in [0.29, 0.717) is 5.75 Å². The number of H-pyrrole nitrogens is 1. The zero-order chi connectivity index (χ0) is 18.1. The number of benzene rings is 2. The van der Waals surface area contributed by atoms with Gasteiger partial charge in [0.05, 0.1) is 5.75 Å². The maximum Gasteiger partial charge on any atom is 0.191 e. The number of nitrogens with one attached hydrogen (secondary N) is 1. The van der Waals surface area contributed by atoms with Gasteiger partial charge in [-0.2, -0.15) is 0 Å². The van der Waals surface area contributed by atoms with E-state index < -0.39 is 0 Å². The van der Waals surface area contributed by atoms with Gasteiger partial charge in [0.15, 0.2) is 16.8 Å². The van der Waals surface area contributed by atoms with Crippen molar-refractivity contribution in [2.45, 2.75) is 12.1 Å². The molecule has 0 saturated carbocycles. The molecule has 1 N–H and O–H groups in total. The highest BCUT2D eigenvalue weighted by molar-refractivity contribution is 7.99. The van der Waals surface area contributed by atoms with Crippen molar-refractivity contribution in [2.75, 3.05) is 5.75 Å². The van der Waals surface area contributed by atoms with Crippen LogP contribution in [0.1, 0.15) is 16.1 Å². The SMILES string of the molecule is Cc1[nH]c2ccccc2c1C(=O)CSc1nnc(-c2ccccc2)n1C. The molecule has 26 heavy (non-hydrogen) atoms. The van der Waals surface area contributed by atoms with Crippen molar-refractivity contribution in [3.8, 4) is 11.4 Å². The van der Waals surface area contributed by atoms with Crippen molar-refractivity contribution in [3.63, 3.8) is 0 Å². The van der Waals surface area contributed by atoms with Gasteiger partial charge < -0.3 is 9.55 Å². The fourth-order valence-electron chi connectivity index (χ4n) is 3.12. The highest BCUT2D eigenvalue weighted by atomic mass is 32.2. The van der Waals surface area contributed by atoms with Gasteiger partial charge in [-0.15, -0.1) is 10.2 Å². The summed E-state index contributed by atoms with van der Waals surface area (Å²) in [6, 6.07) is 17.8. The van der Waals surface area contributed by atoms with E-state index in [1.54, 1.807) is 0 Å². The number of aromatic nitrogens is 4. The number of hydrogen-bond donors (Lipinski definition) is 1. The molecule has 130 valence electrons. The van der Waals surface area contributed by atoms with Crippen LogP contribution < -0.4 is 0 Å². The summed E-state index contributed by atoms with van der Waals surface area (Å²) in [6.07, 6.45) is 0. The Morgan fingerprint density at radius 2 is 1.81 bits per heavy atom. The molecular weight excluding hydrogens is 344 g/mol. The summed E-state index contributed by atoms with van der Waals surface area (Å²) < 4.78 is 1.93. The van der Waals surface area contributed by atoms with Crippen molar-refractivity contribution in [1.29, 1.82) is 0 Å². The van der Waals surface area contributed by atoms with Crippen molar-refractivity contribution < 1.29 is 4.79 Å². The number of ketones is 1. The number of fused-ring (bicyclic) bond motifs is 1. The molecule has 0 amide bonds. The Hall–Kier alpha value is -2.86. The fourth-order valence-corrected chi connectivity index (χ4v) is 3.90. The van der Waals surface area contributed by atoms with Gasteiger partial charge in [-0.05, 0) is 13.0 Å². The molecule has 0 unspecified atom stereocenters. The Morgan fingerprint density at radius 3 is 2.62 bits per heavy atom. The fraction of sp³-hybridized carbons (Fsp3) is 0.150. The predicted molar refractivity (Wildman–Crippen MR) is 105 cm³/mol. The molecule has 0 radical (unpaired) electrons. The second-order valence-electron chi connectivity index (χ2n) is 6.11. The number of rotatable bonds is 5. The Morgan fingerprint density at radius 1 is 1.08 bits per heavy atom. The first kappa shape index (κ1) is 16.6. The van der Waals surface area contributed by atoms with Gasteiger partial charge in [0.1, 0.15) is 0 Å². The summed E-state index contributed by atoms with van der Waals surface area (Å²) in [7, 11) is 1.92. The number of para-hydroxylation sites is 1. The van der Waals surface area contributed by atoms with Gasteiger partial charge in [0.2, 0.25) is 0 Å². The number of thioether (sulfide) groups is 1. The van der Waals surface area contributed by atoms with Crippen molar-refractivity contribution >= 4 is 28.4 Å². The molecule has 5 nitrogen and oxygen atoms in total. The summed E-state index contributed by atoms with van der Waals surface area (Å²) in [5, 5.41) is 10.2. The Kier molecular flexibility index (Phi) is 4.34. The third kappa shape index (κ3) is 2.93. The van der Waals surface area contributed by atoms with Gasteiger partial charge in [-0.3, -0.25) is 4.79 Å². The summed E-state index contributed by atoms with van der Waals surface area (Å²) in [4.78, 5) is 16.1. The van der Waals surface area contributed by atoms with Gasteiger partial charge in [-0.25, -0.2) is 0 Å². The van der Waals surface area contributed by atoms with E-state index in [1.165, 1.54) is 11.8 Å². The van der Waals surface area contributed by atoms with E-state index in [1.807, 2.05) is 73.1 Å². The molecule has 2 aromatic carbocycles. The Bertz CT molecular complexity index is 1080. The molecule has 0 aliphatic heterocycles. The van der Waals surface area contributed by atoms with E-state index in [9.17, 15) is 4.79 Å². The number of aryl methyl sites for hydroxylation is 1. The van der Waals surface area contributed by atoms with E-state index >= 15 is 0 Å². The number of nitrogens with zero attached hydrogens (tertiary/aromatic N) is 3. The van der Waals surface area contributed by atoms with Crippen LogP contribution in [0.25, 0.3) is 22.3 Å². The molecule has 2 heterocycles. The molecule has 0 bridgehead atoms. The largest absolute Gasteiger partial charge is 0.358 e. The van der Waals surface area contributed by atoms with Gasteiger partial charge in [-0.1, -0.05) is 60.3 Å². The second-order valence-corrected chi connectivity index (χ2v) is 7.06. The van der Waals surface area contributed by atoms with Gasteiger partial charge in [0.25, 0.3) is 0 Å². The molecule has 4 rings (SSSR count). The molecule has 0 atom stereocenters. The quantitative estimate of drug-likeness (QED) is 0.426. The number of Topliss-reactive ketones (excluding diaryl/α,β-unsaturated/α-hetero) is 1. The third-order valence-corrected chi connectivity index (χ3v) is 5.39. The average Bonchev–Trinajstić information content (AvgIpc) is 3.19. The zero-order valence-corrected chi connectivity index (χ0v) is 15.4. The Balaban J connectivity index is 1.55. The standard InChI is InChI=1S/C20H18N4OS/c1-13-18(15-10-6-7-11-16(15)21-13)17(25)12-26-20-23-22-19(24(20)2)14-8-4-3-5-9-14/h3-11,21H,12H2,1-2H3. The van der Waals surface area contributed by atoms with Crippen LogP contribution in [0.3, 0.4) is 0 Å². The van der Waals surface area contributed by atoms with Crippen LogP contribution in [-0.2, 0) is 7.05 Å². The van der Waals surface area contributed by atoms with Gasteiger partial charge in [0, 0.05) is 34.8 Å². The summed E-state index contributed by atoms with van der Waals surface area (Å²) in [6.45, 7) is 1.94. The lowest BCUT2D eigenvalue weighted by Gasteiger charge is -2.04. The van der Waals surface area contributed by atoms with Crippen LogP contribution in [-0.4, -0.2) is 31.3 Å². The minimum Gasteiger partial charge on any atom is -0.358 e. The monoisotopic (exact) mass is 362 g/mol. The average molecular weight is 362 g/mol. The van der Waals surface area contributed by atoms with Crippen LogP contribution >= 0.6 is 11.8 Å². The molecule has 0 fully saturated rings. The maximum atomic E-state index is 12.8. The summed E-state index contributed by atoms with van der Waals surface area (Å²) >= 11 is 1.41. The molecular formula is C20H18N4OS. The molecule has 0 spiro atoms. The third-order valence-electron chi connectivity index (χ3n) is 4.37. The molecule has 0 aliphatic carbocycles. The lowest BCUT2D eigenvalue weighted by Crippen LogP contribution is -2.05.